The van der Waals surface area contributed by atoms with Crippen LogP contribution in [-0.4, -0.2) is 21.6 Å². The summed E-state index contributed by atoms with van der Waals surface area (Å²) in [4.78, 5) is 28.8. The third-order valence-corrected chi connectivity index (χ3v) is 3.93. The van der Waals surface area contributed by atoms with E-state index >= 15 is 0 Å². The average Bonchev–Trinajstić information content (AvgIpc) is 2.44. The van der Waals surface area contributed by atoms with E-state index in [1.807, 2.05) is 6.92 Å². The first-order chi connectivity index (χ1) is 10.8. The second kappa shape index (κ2) is 6.95. The van der Waals surface area contributed by atoms with E-state index < -0.39 is 23.7 Å². The van der Waals surface area contributed by atoms with Crippen LogP contribution in [0.4, 0.5) is 0 Å². The predicted molar refractivity (Wildman–Crippen MR) is 81.3 cm³/mol. The Hall–Kier alpha value is -2.16. The van der Waals surface area contributed by atoms with Crippen molar-refractivity contribution in [1.82, 2.24) is 9.97 Å². The lowest BCUT2D eigenvalue weighted by molar-refractivity contribution is -0.734. The van der Waals surface area contributed by atoms with Crippen molar-refractivity contribution in [2.45, 2.75) is 24.3 Å². The first-order valence-corrected chi connectivity index (χ1v) is 7.74. The molecule has 0 aliphatic carbocycles. The third-order valence-electron chi connectivity index (χ3n) is 3.03. The van der Waals surface area contributed by atoms with Crippen LogP contribution in [0.3, 0.4) is 0 Å². The molecule has 0 spiro atoms. The number of hydrogen-bond acceptors (Lipinski definition) is 6. The molecule has 7 nitrogen and oxygen atoms in total. The fourth-order valence-corrected chi connectivity index (χ4v) is 2.56. The van der Waals surface area contributed by atoms with Gasteiger partial charge < -0.3 is 20.9 Å². The Labute approximate surface area is 136 Å². The van der Waals surface area contributed by atoms with Gasteiger partial charge in [0.05, 0.1) is 5.75 Å². The maximum absolute atomic E-state index is 12.3. The zero-order valence-corrected chi connectivity index (χ0v) is 13.2. The van der Waals surface area contributed by atoms with Gasteiger partial charge >= 0.3 is 0 Å². The number of rotatable bonds is 6. The highest BCUT2D eigenvalue weighted by Crippen LogP contribution is 2.18. The van der Waals surface area contributed by atoms with E-state index in [2.05, 4.69) is 9.97 Å². The fourth-order valence-electron chi connectivity index (χ4n) is 1.93. The summed E-state index contributed by atoms with van der Waals surface area (Å²) >= 11 is 0.935. The Kier molecular flexibility index (Phi) is 5.19. The number of nitrogens with two attached hydrogens (primary N) is 1. The number of amides is 1. The van der Waals surface area contributed by atoms with Gasteiger partial charge in [-0.1, -0.05) is 47.2 Å². The van der Waals surface area contributed by atoms with Gasteiger partial charge in [-0.2, -0.15) is 5.79 Å². The van der Waals surface area contributed by atoms with Crippen LogP contribution < -0.4 is 21.5 Å². The molecule has 0 radical (unpaired) electrons. The summed E-state index contributed by atoms with van der Waals surface area (Å²) in [6.07, 6.45) is -0.482. The molecule has 3 N–H and O–H groups in total. The molecule has 0 fully saturated rings. The maximum atomic E-state index is 12.3. The van der Waals surface area contributed by atoms with Crippen molar-refractivity contribution in [3.63, 3.8) is 0 Å². The zero-order valence-electron chi connectivity index (χ0n) is 12.4. The van der Waals surface area contributed by atoms with E-state index in [0.29, 0.717) is 0 Å². The SMILES string of the molecule is Cc1ccc(C([O-])([O-])Cc2cc(=O)[nH]c(SCC(N)=O)n2)cc1. The largest absolute Gasteiger partial charge is 0.859 e. The van der Waals surface area contributed by atoms with E-state index in [9.17, 15) is 19.8 Å². The van der Waals surface area contributed by atoms with Gasteiger partial charge in [0.25, 0.3) is 5.56 Å². The number of carbonyl (C=O) groups is 1. The van der Waals surface area contributed by atoms with Crippen LogP contribution >= 0.6 is 11.8 Å². The molecule has 0 atom stereocenters. The van der Waals surface area contributed by atoms with Gasteiger partial charge in [0, 0.05) is 11.8 Å². The lowest BCUT2D eigenvalue weighted by Crippen LogP contribution is -2.54. The first-order valence-electron chi connectivity index (χ1n) is 6.75. The van der Waals surface area contributed by atoms with Crippen molar-refractivity contribution in [3.05, 3.63) is 57.5 Å². The van der Waals surface area contributed by atoms with Crippen molar-refractivity contribution in [2.75, 3.05) is 5.75 Å². The summed E-state index contributed by atoms with van der Waals surface area (Å²) in [5.74, 6) is -3.28. The minimum absolute atomic E-state index is 0.0652. The molecular weight excluding hydrogens is 318 g/mol. The van der Waals surface area contributed by atoms with Gasteiger partial charge in [-0.3, -0.25) is 9.59 Å². The zero-order chi connectivity index (χ0) is 17.0. The topological polar surface area (TPSA) is 135 Å². The Morgan fingerprint density at radius 2 is 2.00 bits per heavy atom. The van der Waals surface area contributed by atoms with Gasteiger partial charge in [-0.05, 0) is 13.3 Å². The van der Waals surface area contributed by atoms with Gasteiger partial charge in [0.15, 0.2) is 5.16 Å². The number of primary amides is 1. The van der Waals surface area contributed by atoms with Crippen LogP contribution in [-0.2, 0) is 17.0 Å². The summed E-state index contributed by atoms with van der Waals surface area (Å²) < 4.78 is 0. The van der Waals surface area contributed by atoms with Crippen molar-refractivity contribution in [1.29, 1.82) is 0 Å². The molecule has 0 saturated heterocycles. The smallest absolute Gasteiger partial charge is 0.251 e. The number of nitrogens with one attached hydrogen (secondary N) is 1. The molecule has 23 heavy (non-hydrogen) atoms. The van der Waals surface area contributed by atoms with Crippen LogP contribution in [0.1, 0.15) is 16.8 Å². The highest BCUT2D eigenvalue weighted by Gasteiger charge is 2.10. The highest BCUT2D eigenvalue weighted by atomic mass is 32.2. The van der Waals surface area contributed by atoms with Crippen LogP contribution in [0.2, 0.25) is 0 Å². The number of H-pyrrole nitrogens is 1. The van der Waals surface area contributed by atoms with Crippen LogP contribution in [0, 0.1) is 6.92 Å². The molecule has 0 unspecified atom stereocenters. The molecule has 2 aromatic rings. The highest BCUT2D eigenvalue weighted by molar-refractivity contribution is 7.99. The number of aromatic nitrogens is 2. The second-order valence-corrected chi connectivity index (χ2v) is 6.06. The number of nitrogens with zero attached hydrogens (tertiary/aromatic N) is 1. The third kappa shape index (κ3) is 4.92. The molecule has 0 aliphatic rings. The minimum Gasteiger partial charge on any atom is -0.859 e. The summed E-state index contributed by atoms with van der Waals surface area (Å²) in [6.45, 7) is 1.85. The van der Waals surface area contributed by atoms with E-state index in [4.69, 9.17) is 5.73 Å². The molecule has 1 amide bonds. The molecule has 0 aliphatic heterocycles. The molecule has 122 valence electrons. The van der Waals surface area contributed by atoms with Crippen molar-refractivity contribution >= 4 is 17.7 Å². The summed E-state index contributed by atoms with van der Waals surface area (Å²) in [5, 5.41) is 24.7. The van der Waals surface area contributed by atoms with Gasteiger partial charge in [0.2, 0.25) is 5.91 Å². The monoisotopic (exact) mass is 333 g/mol. The molecule has 1 aromatic heterocycles. The number of aryl methyl sites for hydroxylation is 1. The average molecular weight is 333 g/mol. The van der Waals surface area contributed by atoms with Gasteiger partial charge in [-0.25, -0.2) is 4.98 Å². The number of hydrogen-bond donors (Lipinski definition) is 2. The normalized spacial score (nSPS) is 11.4. The van der Waals surface area contributed by atoms with E-state index in [1.165, 1.54) is 12.1 Å². The molecule has 1 heterocycles. The summed E-state index contributed by atoms with van der Waals surface area (Å²) in [7, 11) is 0. The van der Waals surface area contributed by atoms with E-state index in [-0.39, 0.29) is 22.2 Å². The summed E-state index contributed by atoms with van der Waals surface area (Å²) in [5.41, 5.74) is 5.62. The molecule has 1 aromatic carbocycles. The number of carbonyl (C=O) groups excluding carboxylic acids is 1. The van der Waals surface area contributed by atoms with E-state index in [1.54, 1.807) is 12.1 Å². The second-order valence-electron chi connectivity index (χ2n) is 5.09. The Bertz CT molecular complexity index is 756. The minimum atomic E-state index is -2.65. The Morgan fingerprint density at radius 3 is 2.61 bits per heavy atom. The Morgan fingerprint density at radius 1 is 1.35 bits per heavy atom. The van der Waals surface area contributed by atoms with Crippen LogP contribution in [0.15, 0.2) is 40.3 Å². The maximum Gasteiger partial charge on any atom is 0.251 e. The van der Waals surface area contributed by atoms with Gasteiger partial charge in [0.1, 0.15) is 0 Å². The standard InChI is InChI=1S/C15H15N3O4S/c1-9-2-4-10(5-3-9)15(21,22)7-11-6-13(20)18-14(17-11)23-8-12(16)19/h2-6H,7-8H2,1H3,(H2,16,19)(H,17,18,20)/q-2. The Balaban J connectivity index is 2.22. The van der Waals surface area contributed by atoms with Crippen molar-refractivity contribution in [3.8, 4) is 0 Å². The van der Waals surface area contributed by atoms with Gasteiger partial charge in [-0.15, -0.1) is 0 Å². The molecular formula is C15H15N3O4S-2. The fraction of sp³-hybridized carbons (Fsp3) is 0.267. The van der Waals surface area contributed by atoms with Crippen molar-refractivity contribution in [2.24, 2.45) is 5.73 Å². The van der Waals surface area contributed by atoms with E-state index in [0.717, 1.165) is 23.4 Å². The van der Waals surface area contributed by atoms with Crippen LogP contribution in [0.25, 0.3) is 0 Å². The number of aromatic amines is 1. The lowest BCUT2D eigenvalue weighted by atomic mass is 10.00. The van der Waals surface area contributed by atoms with Crippen LogP contribution in [0.5, 0.6) is 0 Å². The number of thioether (sulfide) groups is 1. The molecule has 0 bridgehead atoms. The lowest BCUT2D eigenvalue weighted by Gasteiger charge is -2.49. The molecule has 8 heteroatoms. The first kappa shape index (κ1) is 17.2. The number of benzene rings is 1. The summed E-state index contributed by atoms with van der Waals surface area (Å²) in [6, 6.07) is 7.42. The predicted octanol–water partition coefficient (Wildman–Crippen LogP) is -1.23. The quantitative estimate of drug-likeness (QED) is 0.386. The molecule has 0 saturated carbocycles. The van der Waals surface area contributed by atoms with Crippen molar-refractivity contribution < 1.29 is 15.0 Å². The molecule has 2 rings (SSSR count).